The summed E-state index contributed by atoms with van der Waals surface area (Å²) in [6.45, 7) is 1.83. The van der Waals surface area contributed by atoms with Crippen molar-refractivity contribution in [2.45, 2.75) is 19.4 Å². The molecule has 2 amide bonds. The van der Waals surface area contributed by atoms with Crippen molar-refractivity contribution in [1.82, 2.24) is 30.4 Å². The minimum absolute atomic E-state index is 0.0267. The van der Waals surface area contributed by atoms with Gasteiger partial charge in [-0.05, 0) is 42.7 Å². The summed E-state index contributed by atoms with van der Waals surface area (Å²) in [4.78, 5) is 26.7. The van der Waals surface area contributed by atoms with Crippen LogP contribution in [0.3, 0.4) is 0 Å². The molecule has 0 aliphatic carbocycles. The zero-order valence-electron chi connectivity index (χ0n) is 17.3. The molecule has 0 atom stereocenters. The Balaban J connectivity index is 1.19. The smallest absolute Gasteiger partial charge is 0.239 e. The highest BCUT2D eigenvalue weighted by Crippen LogP contribution is 2.22. The fourth-order valence-corrected chi connectivity index (χ4v) is 3.58. The third kappa shape index (κ3) is 5.08. The molecule has 1 saturated heterocycles. The first-order chi connectivity index (χ1) is 15.1. The lowest BCUT2D eigenvalue weighted by atomic mass is 9.96. The SMILES string of the molecule is COc1ccc(CNC(=O)CNC(=O)C2CCN(c3ccc4nncn4n3)CC2)cc1. The number of rotatable bonds is 7. The quantitative estimate of drug-likeness (QED) is 0.577. The zero-order chi connectivity index (χ0) is 21.6. The van der Waals surface area contributed by atoms with E-state index >= 15 is 0 Å². The molecule has 1 aliphatic rings. The zero-order valence-corrected chi connectivity index (χ0v) is 17.3. The topological polar surface area (TPSA) is 114 Å². The van der Waals surface area contributed by atoms with Gasteiger partial charge in [0.25, 0.3) is 0 Å². The number of ether oxygens (including phenoxy) is 1. The molecule has 1 fully saturated rings. The summed E-state index contributed by atoms with van der Waals surface area (Å²) < 4.78 is 6.75. The summed E-state index contributed by atoms with van der Waals surface area (Å²) in [7, 11) is 1.61. The van der Waals surface area contributed by atoms with Gasteiger partial charge in [0.1, 0.15) is 17.9 Å². The van der Waals surface area contributed by atoms with Crippen LogP contribution in [-0.2, 0) is 16.1 Å². The molecule has 0 saturated carbocycles. The molecule has 31 heavy (non-hydrogen) atoms. The monoisotopic (exact) mass is 423 g/mol. The summed E-state index contributed by atoms with van der Waals surface area (Å²) >= 11 is 0. The molecule has 1 aliphatic heterocycles. The van der Waals surface area contributed by atoms with Gasteiger partial charge in [0, 0.05) is 25.6 Å². The second-order valence-electron chi connectivity index (χ2n) is 7.43. The van der Waals surface area contributed by atoms with Crippen LogP contribution in [0.1, 0.15) is 18.4 Å². The van der Waals surface area contributed by atoms with Crippen molar-refractivity contribution in [2.24, 2.45) is 5.92 Å². The molecule has 0 radical (unpaired) electrons. The normalized spacial score (nSPS) is 14.4. The number of hydrogen-bond donors (Lipinski definition) is 2. The number of fused-ring (bicyclic) bond motifs is 1. The first-order valence-electron chi connectivity index (χ1n) is 10.2. The summed E-state index contributed by atoms with van der Waals surface area (Å²) in [5.41, 5.74) is 1.66. The maximum absolute atomic E-state index is 12.5. The largest absolute Gasteiger partial charge is 0.497 e. The minimum atomic E-state index is -0.215. The lowest BCUT2D eigenvalue weighted by molar-refractivity contribution is -0.129. The molecule has 0 unspecified atom stereocenters. The van der Waals surface area contributed by atoms with E-state index in [1.54, 1.807) is 18.0 Å². The van der Waals surface area contributed by atoms with Crippen molar-refractivity contribution in [1.29, 1.82) is 0 Å². The van der Waals surface area contributed by atoms with Gasteiger partial charge in [0.2, 0.25) is 11.8 Å². The number of benzene rings is 1. The number of methoxy groups -OCH3 is 1. The Bertz CT molecular complexity index is 1040. The van der Waals surface area contributed by atoms with E-state index in [0.717, 1.165) is 30.2 Å². The van der Waals surface area contributed by atoms with Gasteiger partial charge in [-0.25, -0.2) is 0 Å². The van der Waals surface area contributed by atoms with Crippen LogP contribution in [0.25, 0.3) is 5.65 Å². The highest BCUT2D eigenvalue weighted by Gasteiger charge is 2.26. The molecule has 2 aromatic heterocycles. The Morgan fingerprint density at radius 2 is 1.87 bits per heavy atom. The van der Waals surface area contributed by atoms with E-state index in [4.69, 9.17) is 4.74 Å². The van der Waals surface area contributed by atoms with Gasteiger partial charge >= 0.3 is 0 Å². The predicted octanol–water partition coefficient (Wildman–Crippen LogP) is 0.782. The molecule has 3 heterocycles. The molecular weight excluding hydrogens is 398 g/mol. The highest BCUT2D eigenvalue weighted by atomic mass is 16.5. The number of carbonyl (C=O) groups excluding carboxylic acids is 2. The van der Waals surface area contributed by atoms with E-state index < -0.39 is 0 Å². The second-order valence-corrected chi connectivity index (χ2v) is 7.43. The van der Waals surface area contributed by atoms with Gasteiger partial charge in [0.15, 0.2) is 5.65 Å². The number of piperidine rings is 1. The summed E-state index contributed by atoms with van der Waals surface area (Å²) in [6.07, 6.45) is 2.99. The van der Waals surface area contributed by atoms with Crippen LogP contribution in [-0.4, -0.2) is 58.4 Å². The van der Waals surface area contributed by atoms with E-state index in [2.05, 4.69) is 30.8 Å². The van der Waals surface area contributed by atoms with Crippen molar-refractivity contribution < 1.29 is 14.3 Å². The van der Waals surface area contributed by atoms with Gasteiger partial charge in [-0.2, -0.15) is 4.52 Å². The van der Waals surface area contributed by atoms with E-state index in [0.29, 0.717) is 25.0 Å². The van der Waals surface area contributed by atoms with Crippen LogP contribution >= 0.6 is 0 Å². The van der Waals surface area contributed by atoms with Crippen LogP contribution in [0.15, 0.2) is 42.7 Å². The van der Waals surface area contributed by atoms with Crippen LogP contribution in [0.4, 0.5) is 5.82 Å². The average molecular weight is 423 g/mol. The first kappa shape index (κ1) is 20.6. The third-order valence-electron chi connectivity index (χ3n) is 5.41. The number of hydrogen-bond acceptors (Lipinski definition) is 7. The fourth-order valence-electron chi connectivity index (χ4n) is 3.58. The van der Waals surface area contributed by atoms with Gasteiger partial charge in [-0.1, -0.05) is 12.1 Å². The number of carbonyl (C=O) groups is 2. The average Bonchev–Trinajstić information content (AvgIpc) is 3.29. The lowest BCUT2D eigenvalue weighted by Gasteiger charge is -2.31. The minimum Gasteiger partial charge on any atom is -0.497 e. The molecule has 0 spiro atoms. The Morgan fingerprint density at radius 1 is 1.10 bits per heavy atom. The first-order valence-corrected chi connectivity index (χ1v) is 10.2. The van der Waals surface area contributed by atoms with E-state index in [9.17, 15) is 9.59 Å². The Kier molecular flexibility index (Phi) is 6.25. The van der Waals surface area contributed by atoms with Crippen LogP contribution < -0.4 is 20.3 Å². The van der Waals surface area contributed by atoms with Crippen molar-refractivity contribution in [3.8, 4) is 5.75 Å². The number of aromatic nitrogens is 4. The third-order valence-corrected chi connectivity index (χ3v) is 5.41. The standard InChI is InChI=1S/C21H25N7O3/c1-31-17-4-2-15(3-5-17)12-22-20(29)13-23-21(30)16-8-10-27(11-9-16)19-7-6-18-25-24-14-28(18)26-19/h2-7,14,16H,8-13H2,1H3,(H,22,29)(H,23,30). The van der Waals surface area contributed by atoms with E-state index in [1.165, 1.54) is 0 Å². The molecule has 10 nitrogen and oxygen atoms in total. The van der Waals surface area contributed by atoms with Crippen molar-refractivity contribution in [3.05, 3.63) is 48.3 Å². The summed E-state index contributed by atoms with van der Waals surface area (Å²) in [5, 5.41) is 17.9. The molecule has 10 heteroatoms. The number of amides is 2. The highest BCUT2D eigenvalue weighted by molar-refractivity contribution is 5.85. The molecule has 3 aromatic rings. The number of nitrogens with zero attached hydrogens (tertiary/aromatic N) is 5. The van der Waals surface area contributed by atoms with Crippen LogP contribution in [0.5, 0.6) is 5.75 Å². The molecule has 4 rings (SSSR count). The number of anilines is 1. The van der Waals surface area contributed by atoms with Gasteiger partial charge in [-0.15, -0.1) is 15.3 Å². The van der Waals surface area contributed by atoms with Gasteiger partial charge < -0.3 is 20.3 Å². The Morgan fingerprint density at radius 3 is 2.61 bits per heavy atom. The maximum atomic E-state index is 12.5. The summed E-state index contributed by atoms with van der Waals surface area (Å²) in [5.74, 6) is 1.20. The molecule has 162 valence electrons. The van der Waals surface area contributed by atoms with Crippen molar-refractivity contribution in [3.63, 3.8) is 0 Å². The maximum Gasteiger partial charge on any atom is 0.239 e. The number of nitrogens with one attached hydrogen (secondary N) is 2. The Labute approximate surface area is 179 Å². The van der Waals surface area contributed by atoms with E-state index in [1.807, 2.05) is 36.4 Å². The molecule has 0 bridgehead atoms. The Hall–Kier alpha value is -3.69. The van der Waals surface area contributed by atoms with Crippen molar-refractivity contribution >= 4 is 23.3 Å². The van der Waals surface area contributed by atoms with Crippen LogP contribution in [0.2, 0.25) is 0 Å². The summed E-state index contributed by atoms with van der Waals surface area (Å²) in [6, 6.07) is 11.3. The van der Waals surface area contributed by atoms with Gasteiger partial charge in [0.05, 0.1) is 13.7 Å². The molecular formula is C21H25N7O3. The van der Waals surface area contributed by atoms with Gasteiger partial charge in [-0.3, -0.25) is 9.59 Å². The lowest BCUT2D eigenvalue weighted by Crippen LogP contribution is -2.43. The molecule has 2 N–H and O–H groups in total. The van der Waals surface area contributed by atoms with E-state index in [-0.39, 0.29) is 24.3 Å². The van der Waals surface area contributed by atoms with Crippen molar-refractivity contribution in [2.75, 3.05) is 31.6 Å². The van der Waals surface area contributed by atoms with Crippen LogP contribution in [0, 0.1) is 5.92 Å². The fraction of sp³-hybridized carbons (Fsp3) is 0.381. The second kappa shape index (κ2) is 9.41. The molecule has 1 aromatic carbocycles. The predicted molar refractivity (Wildman–Crippen MR) is 114 cm³/mol.